The van der Waals surface area contributed by atoms with Crippen molar-refractivity contribution in [1.82, 2.24) is 20.1 Å². The highest BCUT2D eigenvalue weighted by molar-refractivity contribution is 6.30. The molecule has 1 aromatic heterocycles. The van der Waals surface area contributed by atoms with Crippen LogP contribution in [0.15, 0.2) is 77.8 Å². The molecule has 8 nitrogen and oxygen atoms in total. The number of nitrogens with one attached hydrogen (secondary N) is 2. The Bertz CT molecular complexity index is 1410. The molecule has 0 bridgehead atoms. The van der Waals surface area contributed by atoms with Crippen molar-refractivity contribution in [1.29, 1.82) is 0 Å². The molecule has 0 aliphatic carbocycles. The minimum absolute atomic E-state index is 0.212. The topological polar surface area (TPSA) is 93.4 Å². The Morgan fingerprint density at radius 2 is 1.77 bits per heavy atom. The summed E-state index contributed by atoms with van der Waals surface area (Å²) in [5.41, 5.74) is 4.16. The lowest BCUT2D eigenvalue weighted by Gasteiger charge is -2.15. The Morgan fingerprint density at radius 1 is 1.03 bits per heavy atom. The van der Waals surface area contributed by atoms with Crippen LogP contribution in [0.1, 0.15) is 28.8 Å². The summed E-state index contributed by atoms with van der Waals surface area (Å²) in [6, 6.07) is 21.9. The molecule has 1 aliphatic rings. The zero-order valence-electron chi connectivity index (χ0n) is 19.2. The van der Waals surface area contributed by atoms with Crippen molar-refractivity contribution in [3.8, 4) is 11.4 Å². The fourth-order valence-corrected chi connectivity index (χ4v) is 4.25. The average molecular weight is 487 g/mol. The van der Waals surface area contributed by atoms with Gasteiger partial charge in [0.05, 0.1) is 24.2 Å². The molecule has 1 aliphatic heterocycles. The van der Waals surface area contributed by atoms with Crippen LogP contribution in [0.2, 0.25) is 5.02 Å². The second kappa shape index (κ2) is 9.60. The summed E-state index contributed by atoms with van der Waals surface area (Å²) in [5, 5.41) is 15.1. The summed E-state index contributed by atoms with van der Waals surface area (Å²) in [6.45, 7) is 2.11. The number of anilines is 1. The monoisotopic (exact) mass is 486 g/mol. The molecule has 2 N–H and O–H groups in total. The van der Waals surface area contributed by atoms with Gasteiger partial charge in [-0.25, -0.2) is 4.79 Å². The Balaban J connectivity index is 1.50. The third-order valence-electron chi connectivity index (χ3n) is 5.76. The molecular weight excluding hydrogens is 464 g/mol. The molecule has 3 aromatic carbocycles. The molecule has 176 valence electrons. The molecule has 0 fully saturated rings. The summed E-state index contributed by atoms with van der Waals surface area (Å²) < 4.78 is 7.31. The first kappa shape index (κ1) is 22.6. The van der Waals surface area contributed by atoms with Crippen LogP contribution in [-0.4, -0.2) is 40.2 Å². The lowest BCUT2D eigenvalue weighted by atomic mass is 10.0. The van der Waals surface area contributed by atoms with Gasteiger partial charge in [-0.2, -0.15) is 0 Å². The van der Waals surface area contributed by atoms with Crippen molar-refractivity contribution in [3.05, 3.63) is 101 Å². The van der Waals surface area contributed by atoms with Gasteiger partial charge in [0.2, 0.25) is 0 Å². The number of hydrogen-bond acceptors (Lipinski definition) is 5. The molecule has 0 saturated carbocycles. The van der Waals surface area contributed by atoms with E-state index in [0.29, 0.717) is 22.3 Å². The van der Waals surface area contributed by atoms with Crippen LogP contribution >= 0.6 is 11.6 Å². The second-order valence-electron chi connectivity index (χ2n) is 7.99. The summed E-state index contributed by atoms with van der Waals surface area (Å²) >= 11 is 6.14. The minimum Gasteiger partial charge on any atom is -0.495 e. The highest BCUT2D eigenvalue weighted by Crippen LogP contribution is 2.31. The summed E-state index contributed by atoms with van der Waals surface area (Å²) in [6.07, 6.45) is 0. The number of hydrogen-bond donors (Lipinski definition) is 2. The van der Waals surface area contributed by atoms with Crippen molar-refractivity contribution < 1.29 is 9.53 Å². The number of carbonyl (C=O) groups excluding carboxylic acids is 1. The van der Waals surface area contributed by atoms with Gasteiger partial charge in [-0.05, 0) is 37.3 Å². The molecule has 0 spiro atoms. The predicted molar refractivity (Wildman–Crippen MR) is 136 cm³/mol. The van der Waals surface area contributed by atoms with Gasteiger partial charge in [-0.15, -0.1) is 10.2 Å². The number of fused-ring (bicyclic) bond motifs is 3. The van der Waals surface area contributed by atoms with E-state index in [4.69, 9.17) is 21.3 Å². The molecule has 4 aromatic rings. The Labute approximate surface area is 207 Å². The summed E-state index contributed by atoms with van der Waals surface area (Å²) in [5.74, 6) is 1.96. The van der Waals surface area contributed by atoms with E-state index in [0.717, 1.165) is 28.4 Å². The number of nitrogens with zero attached hydrogens (tertiary/aromatic N) is 4. The number of benzene rings is 3. The van der Waals surface area contributed by atoms with Crippen molar-refractivity contribution >= 4 is 29.0 Å². The standard InChI is InChI=1S/C26H23ClN6O2/c1-16-31-32-25-21(15-28-26(34)30-20-8-4-6-10-23(20)35-2)29-24(17-11-13-18(27)14-12-17)19-7-3-5-9-22(19)33(16)25/h3-14,21H,15H2,1-2H3,(H2,28,30,34). The number of methoxy groups -OCH3 is 1. The smallest absolute Gasteiger partial charge is 0.319 e. The van der Waals surface area contributed by atoms with Gasteiger partial charge in [0.15, 0.2) is 5.82 Å². The van der Waals surface area contributed by atoms with Gasteiger partial charge in [-0.3, -0.25) is 9.56 Å². The quantitative estimate of drug-likeness (QED) is 0.417. The van der Waals surface area contributed by atoms with Crippen LogP contribution in [0.3, 0.4) is 0 Å². The number of amides is 2. The third-order valence-corrected chi connectivity index (χ3v) is 6.01. The molecule has 2 heterocycles. The highest BCUT2D eigenvalue weighted by Gasteiger charge is 2.28. The number of aliphatic imine (C=N–C) groups is 1. The fourth-order valence-electron chi connectivity index (χ4n) is 4.12. The molecule has 0 radical (unpaired) electrons. The average Bonchev–Trinajstić information content (AvgIpc) is 3.19. The van der Waals surface area contributed by atoms with Crippen LogP contribution in [0.4, 0.5) is 10.5 Å². The molecular formula is C26H23ClN6O2. The van der Waals surface area contributed by atoms with Gasteiger partial charge < -0.3 is 15.4 Å². The maximum Gasteiger partial charge on any atom is 0.319 e. The molecule has 35 heavy (non-hydrogen) atoms. The molecule has 2 amide bonds. The van der Waals surface area contributed by atoms with Gasteiger partial charge in [0.25, 0.3) is 0 Å². The van der Waals surface area contributed by atoms with Crippen LogP contribution < -0.4 is 15.4 Å². The molecule has 1 atom stereocenters. The Kier molecular flexibility index (Phi) is 6.20. The fraction of sp³-hybridized carbons (Fsp3) is 0.154. The van der Waals surface area contributed by atoms with E-state index in [2.05, 4.69) is 20.8 Å². The summed E-state index contributed by atoms with van der Waals surface area (Å²) in [4.78, 5) is 17.8. The molecule has 1 unspecified atom stereocenters. The van der Waals surface area contributed by atoms with E-state index < -0.39 is 6.04 Å². The maximum absolute atomic E-state index is 12.7. The number of aromatic nitrogens is 3. The van der Waals surface area contributed by atoms with Gasteiger partial charge in [-0.1, -0.05) is 54.1 Å². The van der Waals surface area contributed by atoms with Gasteiger partial charge in [0, 0.05) is 22.7 Å². The minimum atomic E-state index is -0.474. The van der Waals surface area contributed by atoms with Crippen molar-refractivity contribution in [3.63, 3.8) is 0 Å². The lowest BCUT2D eigenvalue weighted by molar-refractivity contribution is 0.251. The van der Waals surface area contributed by atoms with Crippen LogP contribution in [0.5, 0.6) is 5.75 Å². The largest absolute Gasteiger partial charge is 0.495 e. The number of carbonyl (C=O) groups is 1. The van der Waals surface area contributed by atoms with E-state index in [1.807, 2.05) is 72.2 Å². The third kappa shape index (κ3) is 4.48. The number of urea groups is 1. The van der Waals surface area contributed by atoms with E-state index in [9.17, 15) is 4.79 Å². The first-order valence-corrected chi connectivity index (χ1v) is 11.5. The van der Waals surface area contributed by atoms with Crippen molar-refractivity contribution in [2.45, 2.75) is 13.0 Å². The molecule has 9 heteroatoms. The zero-order chi connectivity index (χ0) is 24.4. The molecule has 0 saturated heterocycles. The first-order chi connectivity index (χ1) is 17.0. The number of rotatable bonds is 5. The van der Waals surface area contributed by atoms with Crippen molar-refractivity contribution in [2.75, 3.05) is 19.0 Å². The van der Waals surface area contributed by atoms with E-state index in [-0.39, 0.29) is 12.6 Å². The predicted octanol–water partition coefficient (Wildman–Crippen LogP) is 4.95. The van der Waals surface area contributed by atoms with Gasteiger partial charge in [0.1, 0.15) is 17.6 Å². The number of aryl methyl sites for hydroxylation is 1. The highest BCUT2D eigenvalue weighted by atomic mass is 35.5. The first-order valence-electron chi connectivity index (χ1n) is 11.1. The van der Waals surface area contributed by atoms with E-state index >= 15 is 0 Å². The van der Waals surface area contributed by atoms with Gasteiger partial charge >= 0.3 is 6.03 Å². The Hall–Kier alpha value is -4.17. The molecule has 5 rings (SSSR count). The Morgan fingerprint density at radius 3 is 2.57 bits per heavy atom. The normalized spacial score (nSPS) is 14.3. The van der Waals surface area contributed by atoms with Crippen LogP contribution in [0, 0.1) is 6.92 Å². The maximum atomic E-state index is 12.7. The van der Waals surface area contributed by atoms with E-state index in [1.165, 1.54) is 0 Å². The van der Waals surface area contributed by atoms with Crippen LogP contribution in [-0.2, 0) is 0 Å². The number of para-hydroxylation sites is 3. The van der Waals surface area contributed by atoms with E-state index in [1.54, 1.807) is 19.2 Å². The number of halogens is 1. The van der Waals surface area contributed by atoms with Crippen molar-refractivity contribution in [2.24, 2.45) is 4.99 Å². The second-order valence-corrected chi connectivity index (χ2v) is 8.43. The summed E-state index contributed by atoms with van der Waals surface area (Å²) in [7, 11) is 1.56. The number of ether oxygens (including phenoxy) is 1. The zero-order valence-corrected chi connectivity index (χ0v) is 20.0. The lowest BCUT2D eigenvalue weighted by Crippen LogP contribution is -2.33. The van der Waals surface area contributed by atoms with Crippen LogP contribution in [0.25, 0.3) is 5.69 Å². The SMILES string of the molecule is COc1ccccc1NC(=O)NCC1N=C(c2ccc(Cl)cc2)c2ccccc2-n2c(C)nnc21.